The Hall–Kier alpha value is -2.61. The molecule has 1 aliphatic rings. The minimum Gasteiger partial charge on any atom is -0.337 e. The van der Waals surface area contributed by atoms with Gasteiger partial charge in [0.15, 0.2) is 5.65 Å². The van der Waals surface area contributed by atoms with Gasteiger partial charge in [0.2, 0.25) is 5.91 Å². The van der Waals surface area contributed by atoms with Crippen LogP contribution in [0.25, 0.3) is 5.65 Å². The summed E-state index contributed by atoms with van der Waals surface area (Å²) in [7, 11) is 0. The highest BCUT2D eigenvalue weighted by molar-refractivity contribution is 8.00. The van der Waals surface area contributed by atoms with Crippen LogP contribution in [0, 0.1) is 0 Å². The van der Waals surface area contributed by atoms with E-state index in [0.717, 1.165) is 10.6 Å². The Bertz CT molecular complexity index is 1060. The first-order valence-corrected chi connectivity index (χ1v) is 11.5. The van der Waals surface area contributed by atoms with Crippen molar-refractivity contribution in [1.29, 1.82) is 0 Å². The number of carbonyl (C=O) groups is 1. The zero-order valence-corrected chi connectivity index (χ0v) is 18.1. The van der Waals surface area contributed by atoms with E-state index < -0.39 is 0 Å². The number of likely N-dealkylation sites (N-methyl/N-ethyl adjacent to an activating group) is 1. The fourth-order valence-corrected chi connectivity index (χ4v) is 5.11. The minimum atomic E-state index is -0.304. The fourth-order valence-electron chi connectivity index (χ4n) is 3.86. The van der Waals surface area contributed by atoms with Gasteiger partial charge in [-0.2, -0.15) is 0 Å². The van der Waals surface area contributed by atoms with E-state index in [-0.39, 0.29) is 18.1 Å². The third-order valence-corrected chi connectivity index (χ3v) is 6.85. The van der Waals surface area contributed by atoms with E-state index in [4.69, 9.17) is 0 Å². The Morgan fingerprint density at radius 3 is 2.70 bits per heavy atom. The minimum absolute atomic E-state index is 0.0747. The number of carbonyl (C=O) groups excluding carboxylic acids is 1. The number of benzene rings is 1. The van der Waals surface area contributed by atoms with E-state index in [2.05, 4.69) is 10.1 Å². The Labute approximate surface area is 180 Å². The van der Waals surface area contributed by atoms with Gasteiger partial charge in [0.05, 0.1) is 0 Å². The van der Waals surface area contributed by atoms with Gasteiger partial charge in [-0.05, 0) is 25.3 Å². The molecule has 30 heavy (non-hydrogen) atoms. The number of hydrogen-bond acceptors (Lipinski definition) is 5. The van der Waals surface area contributed by atoms with Crippen molar-refractivity contribution in [3.8, 4) is 0 Å². The highest BCUT2D eigenvalue weighted by Crippen LogP contribution is 2.33. The lowest BCUT2D eigenvalue weighted by atomic mass is 10.0. The average Bonchev–Trinajstić information content (AvgIpc) is 3.10. The highest BCUT2D eigenvalue weighted by Gasteiger charge is 2.21. The number of hydrogen-bond donors (Lipinski definition) is 0. The number of amides is 1. The molecule has 0 atom stereocenters. The Morgan fingerprint density at radius 2 is 1.97 bits per heavy atom. The maximum absolute atomic E-state index is 12.9. The summed E-state index contributed by atoms with van der Waals surface area (Å²) in [5, 5.41) is 5.76. The van der Waals surface area contributed by atoms with Crippen LogP contribution in [0.2, 0.25) is 0 Å². The zero-order valence-electron chi connectivity index (χ0n) is 17.2. The first-order chi connectivity index (χ1) is 14.7. The number of rotatable bonds is 7. The SMILES string of the molecule is CCN(Cc1ccccc1)C(=O)Cn1nc2c(SC3CCCCC3)nccn2c1=O. The third kappa shape index (κ3) is 4.59. The first kappa shape index (κ1) is 20.7. The van der Waals surface area contributed by atoms with Crippen molar-refractivity contribution in [2.24, 2.45) is 0 Å². The van der Waals surface area contributed by atoms with Crippen LogP contribution >= 0.6 is 11.8 Å². The predicted octanol–water partition coefficient (Wildman–Crippen LogP) is 3.36. The van der Waals surface area contributed by atoms with E-state index >= 15 is 0 Å². The van der Waals surface area contributed by atoms with Crippen LogP contribution in [0.3, 0.4) is 0 Å². The molecule has 0 aliphatic heterocycles. The summed E-state index contributed by atoms with van der Waals surface area (Å²) in [6.07, 6.45) is 9.38. The van der Waals surface area contributed by atoms with Gasteiger partial charge in [0, 0.05) is 30.7 Å². The van der Waals surface area contributed by atoms with Gasteiger partial charge < -0.3 is 4.90 Å². The fraction of sp³-hybridized carbons (Fsp3) is 0.455. The molecular weight excluding hydrogens is 398 g/mol. The lowest BCUT2D eigenvalue weighted by Crippen LogP contribution is -2.36. The quantitative estimate of drug-likeness (QED) is 0.580. The highest BCUT2D eigenvalue weighted by atomic mass is 32.2. The van der Waals surface area contributed by atoms with Crippen LogP contribution in [0.1, 0.15) is 44.6 Å². The van der Waals surface area contributed by atoms with Crippen molar-refractivity contribution in [3.63, 3.8) is 0 Å². The summed E-state index contributed by atoms with van der Waals surface area (Å²) in [5.74, 6) is -0.124. The zero-order chi connectivity index (χ0) is 20.9. The molecule has 1 amide bonds. The number of aromatic nitrogens is 4. The molecule has 2 heterocycles. The van der Waals surface area contributed by atoms with Crippen molar-refractivity contribution in [1.82, 2.24) is 24.1 Å². The second-order valence-electron chi connectivity index (χ2n) is 7.64. The Morgan fingerprint density at radius 1 is 1.20 bits per heavy atom. The number of fused-ring (bicyclic) bond motifs is 1. The largest absolute Gasteiger partial charge is 0.350 e. The van der Waals surface area contributed by atoms with E-state index in [1.807, 2.05) is 37.3 Å². The molecule has 3 aromatic rings. The summed E-state index contributed by atoms with van der Waals surface area (Å²) >= 11 is 1.71. The van der Waals surface area contributed by atoms with Crippen molar-refractivity contribution in [2.45, 2.75) is 62.4 Å². The molecule has 1 fully saturated rings. The van der Waals surface area contributed by atoms with Crippen LogP contribution in [-0.4, -0.2) is 41.8 Å². The normalized spacial score (nSPS) is 14.8. The van der Waals surface area contributed by atoms with Crippen molar-refractivity contribution >= 4 is 23.3 Å². The van der Waals surface area contributed by atoms with E-state index in [1.165, 1.54) is 41.2 Å². The molecule has 0 spiro atoms. The molecule has 0 unspecified atom stereocenters. The van der Waals surface area contributed by atoms with Crippen molar-refractivity contribution < 1.29 is 4.79 Å². The summed E-state index contributed by atoms with van der Waals surface area (Å²) in [6, 6.07) is 9.85. The molecule has 0 bridgehead atoms. The molecule has 0 N–H and O–H groups in total. The summed E-state index contributed by atoms with van der Waals surface area (Å²) in [6.45, 7) is 2.95. The van der Waals surface area contributed by atoms with Gasteiger partial charge in [-0.3, -0.25) is 4.79 Å². The predicted molar refractivity (Wildman–Crippen MR) is 118 cm³/mol. The van der Waals surface area contributed by atoms with Crippen LogP contribution < -0.4 is 5.69 Å². The van der Waals surface area contributed by atoms with Crippen LogP contribution in [0.15, 0.2) is 52.5 Å². The first-order valence-electron chi connectivity index (χ1n) is 10.6. The maximum Gasteiger partial charge on any atom is 0.350 e. The van der Waals surface area contributed by atoms with Crippen molar-refractivity contribution in [2.75, 3.05) is 6.54 Å². The maximum atomic E-state index is 12.9. The second kappa shape index (κ2) is 9.47. The molecule has 0 saturated heterocycles. The molecule has 4 rings (SSSR count). The van der Waals surface area contributed by atoms with Gasteiger partial charge >= 0.3 is 5.69 Å². The van der Waals surface area contributed by atoms with E-state index in [0.29, 0.717) is 24.0 Å². The van der Waals surface area contributed by atoms with Gasteiger partial charge in [-0.1, -0.05) is 61.4 Å². The Kier molecular flexibility index (Phi) is 6.52. The third-order valence-electron chi connectivity index (χ3n) is 5.54. The summed E-state index contributed by atoms with van der Waals surface area (Å²) in [5.41, 5.74) is 1.30. The smallest absolute Gasteiger partial charge is 0.337 e. The molecule has 8 heteroatoms. The van der Waals surface area contributed by atoms with E-state index in [1.54, 1.807) is 29.1 Å². The lowest BCUT2D eigenvalue weighted by molar-refractivity contribution is -0.132. The van der Waals surface area contributed by atoms with Crippen molar-refractivity contribution in [3.05, 3.63) is 58.8 Å². The van der Waals surface area contributed by atoms with Gasteiger partial charge in [-0.15, -0.1) is 5.10 Å². The molecule has 7 nitrogen and oxygen atoms in total. The molecule has 158 valence electrons. The Balaban J connectivity index is 1.53. The molecule has 1 aromatic carbocycles. The monoisotopic (exact) mass is 425 g/mol. The van der Waals surface area contributed by atoms with Crippen LogP contribution in [-0.2, 0) is 17.9 Å². The topological polar surface area (TPSA) is 72.5 Å². The number of thioether (sulfide) groups is 1. The molecule has 1 aliphatic carbocycles. The molecular formula is C22H27N5O2S. The van der Waals surface area contributed by atoms with Crippen LogP contribution in [0.4, 0.5) is 0 Å². The summed E-state index contributed by atoms with van der Waals surface area (Å²) in [4.78, 5) is 31.9. The van der Waals surface area contributed by atoms with Gasteiger partial charge in [0.1, 0.15) is 11.6 Å². The standard InChI is InChI=1S/C22H27N5O2S/c1-2-25(15-17-9-5-3-6-10-17)19(28)16-27-22(29)26-14-13-23-21(20(26)24-27)30-18-11-7-4-8-12-18/h3,5-6,9-10,13-14,18H,2,4,7-8,11-12,15-16H2,1H3. The molecule has 1 saturated carbocycles. The van der Waals surface area contributed by atoms with E-state index in [9.17, 15) is 9.59 Å². The van der Waals surface area contributed by atoms with Crippen LogP contribution in [0.5, 0.6) is 0 Å². The lowest BCUT2D eigenvalue weighted by Gasteiger charge is -2.20. The average molecular weight is 426 g/mol. The van der Waals surface area contributed by atoms with Gasteiger partial charge in [-0.25, -0.2) is 18.9 Å². The second-order valence-corrected chi connectivity index (χ2v) is 8.93. The molecule has 0 radical (unpaired) electrons. The number of nitrogens with zero attached hydrogens (tertiary/aromatic N) is 5. The summed E-state index contributed by atoms with van der Waals surface area (Å²) < 4.78 is 2.76. The molecule has 2 aromatic heterocycles. The van der Waals surface area contributed by atoms with Gasteiger partial charge in [0.25, 0.3) is 0 Å².